The Morgan fingerprint density at radius 3 is 2.74 bits per heavy atom. The van der Waals surface area contributed by atoms with Crippen LogP contribution >= 0.6 is 0 Å². The first-order valence-electron chi connectivity index (χ1n) is 7.41. The van der Waals surface area contributed by atoms with Gasteiger partial charge in [0.25, 0.3) is 0 Å². The molecule has 1 heterocycles. The number of benzene rings is 1. The Hall–Kier alpha value is -1.41. The average molecular weight is 254 g/mol. The molecule has 2 aromatic rings. The maximum absolute atomic E-state index is 4.48. The van der Waals surface area contributed by atoms with Gasteiger partial charge in [0.15, 0.2) is 0 Å². The van der Waals surface area contributed by atoms with Crippen LogP contribution in [0.15, 0.2) is 36.5 Å². The lowest BCUT2D eigenvalue weighted by Gasteiger charge is -2.31. The van der Waals surface area contributed by atoms with E-state index in [0.29, 0.717) is 6.04 Å². The fraction of sp³-hybridized carbons (Fsp3) is 0.471. The smallest absolute Gasteiger partial charge is 0.0705 e. The summed E-state index contributed by atoms with van der Waals surface area (Å²) in [6, 6.07) is 11.2. The number of hydrogen-bond donors (Lipinski definition) is 1. The maximum atomic E-state index is 4.48. The molecule has 1 atom stereocenters. The average Bonchev–Trinajstić information content (AvgIpc) is 2.49. The van der Waals surface area contributed by atoms with Crippen LogP contribution in [0.1, 0.15) is 43.7 Å². The monoisotopic (exact) mass is 254 g/mol. The van der Waals surface area contributed by atoms with E-state index in [0.717, 1.165) is 11.4 Å². The van der Waals surface area contributed by atoms with Gasteiger partial charge in [-0.15, -0.1) is 0 Å². The molecule has 1 unspecified atom stereocenters. The van der Waals surface area contributed by atoms with Crippen molar-refractivity contribution >= 4 is 10.9 Å². The quantitative estimate of drug-likeness (QED) is 0.893. The van der Waals surface area contributed by atoms with Crippen LogP contribution in [0.3, 0.4) is 0 Å². The Morgan fingerprint density at radius 1 is 1.11 bits per heavy atom. The van der Waals surface area contributed by atoms with Gasteiger partial charge in [-0.2, -0.15) is 0 Å². The first-order chi connectivity index (χ1) is 9.40. The Labute approximate surface area is 115 Å². The van der Waals surface area contributed by atoms with Crippen molar-refractivity contribution in [2.24, 2.45) is 5.92 Å². The highest BCUT2D eigenvalue weighted by Crippen LogP contribution is 2.36. The molecule has 1 saturated carbocycles. The molecule has 0 spiro atoms. The molecule has 1 aromatic carbocycles. The lowest BCUT2D eigenvalue weighted by atomic mass is 9.80. The molecular formula is C17H22N2. The molecule has 2 nitrogen and oxygen atoms in total. The van der Waals surface area contributed by atoms with Crippen LogP contribution in [0, 0.1) is 5.92 Å². The predicted molar refractivity (Wildman–Crippen MR) is 80.1 cm³/mol. The van der Waals surface area contributed by atoms with Gasteiger partial charge in [-0.25, -0.2) is 0 Å². The van der Waals surface area contributed by atoms with E-state index in [4.69, 9.17) is 0 Å². The Bertz CT molecular complexity index is 538. The van der Waals surface area contributed by atoms with Crippen LogP contribution < -0.4 is 5.32 Å². The minimum atomic E-state index is 0.466. The zero-order chi connectivity index (χ0) is 13.1. The van der Waals surface area contributed by atoms with Gasteiger partial charge in [-0.1, -0.05) is 37.5 Å². The molecule has 0 amide bonds. The van der Waals surface area contributed by atoms with E-state index < -0.39 is 0 Å². The van der Waals surface area contributed by atoms with Crippen molar-refractivity contribution in [1.29, 1.82) is 0 Å². The van der Waals surface area contributed by atoms with Gasteiger partial charge in [0, 0.05) is 17.6 Å². The predicted octanol–water partition coefficient (Wildman–Crippen LogP) is 4.08. The summed E-state index contributed by atoms with van der Waals surface area (Å²) in [7, 11) is 2.09. The lowest BCUT2D eigenvalue weighted by Crippen LogP contribution is -2.27. The molecule has 0 saturated heterocycles. The second-order valence-corrected chi connectivity index (χ2v) is 5.58. The first kappa shape index (κ1) is 12.6. The van der Waals surface area contributed by atoms with Crippen molar-refractivity contribution in [3.63, 3.8) is 0 Å². The topological polar surface area (TPSA) is 24.9 Å². The van der Waals surface area contributed by atoms with E-state index in [1.165, 1.54) is 43.1 Å². The van der Waals surface area contributed by atoms with Gasteiger partial charge in [0.2, 0.25) is 0 Å². The van der Waals surface area contributed by atoms with Crippen LogP contribution in [-0.4, -0.2) is 12.0 Å². The zero-order valence-corrected chi connectivity index (χ0v) is 11.6. The van der Waals surface area contributed by atoms with Crippen LogP contribution in [0.4, 0.5) is 0 Å². The fourth-order valence-corrected chi connectivity index (χ4v) is 3.51. The fourth-order valence-electron chi connectivity index (χ4n) is 3.51. The molecule has 0 radical (unpaired) electrons. The van der Waals surface area contributed by atoms with E-state index in [1.54, 1.807) is 0 Å². The second-order valence-electron chi connectivity index (χ2n) is 5.58. The molecule has 100 valence electrons. The van der Waals surface area contributed by atoms with Gasteiger partial charge in [0.05, 0.1) is 5.52 Å². The number of fused-ring (bicyclic) bond motifs is 1. The second kappa shape index (κ2) is 5.70. The van der Waals surface area contributed by atoms with Gasteiger partial charge < -0.3 is 5.32 Å². The van der Waals surface area contributed by atoms with Crippen LogP contribution in [0.25, 0.3) is 10.9 Å². The third-order valence-corrected chi connectivity index (χ3v) is 4.45. The molecule has 0 aliphatic heterocycles. The minimum absolute atomic E-state index is 0.466. The third-order valence-electron chi connectivity index (χ3n) is 4.45. The molecule has 19 heavy (non-hydrogen) atoms. The molecule has 1 N–H and O–H groups in total. The number of nitrogens with one attached hydrogen (secondary N) is 1. The van der Waals surface area contributed by atoms with E-state index in [9.17, 15) is 0 Å². The highest BCUT2D eigenvalue weighted by atomic mass is 14.9. The van der Waals surface area contributed by atoms with Crippen molar-refractivity contribution in [3.05, 3.63) is 42.1 Å². The number of aromatic nitrogens is 1. The standard InChI is InChI=1S/C17H22N2/c1-18-17(13-7-3-2-4-8-13)15-9-5-11-16-14(15)10-6-12-19-16/h5-6,9-13,17-18H,2-4,7-8H2,1H3. The van der Waals surface area contributed by atoms with Gasteiger partial charge in [-0.05, 0) is 43.5 Å². The number of nitrogens with zero attached hydrogens (tertiary/aromatic N) is 1. The lowest BCUT2D eigenvalue weighted by molar-refractivity contribution is 0.283. The Morgan fingerprint density at radius 2 is 1.95 bits per heavy atom. The highest BCUT2D eigenvalue weighted by molar-refractivity contribution is 5.82. The van der Waals surface area contributed by atoms with Crippen molar-refractivity contribution in [3.8, 4) is 0 Å². The van der Waals surface area contributed by atoms with E-state index in [-0.39, 0.29) is 0 Å². The zero-order valence-electron chi connectivity index (χ0n) is 11.6. The molecule has 1 aliphatic rings. The largest absolute Gasteiger partial charge is 0.313 e. The first-order valence-corrected chi connectivity index (χ1v) is 7.41. The minimum Gasteiger partial charge on any atom is -0.313 e. The molecule has 3 rings (SSSR count). The van der Waals surface area contributed by atoms with Gasteiger partial charge in [0.1, 0.15) is 0 Å². The summed E-state index contributed by atoms with van der Waals surface area (Å²) in [5, 5.41) is 4.85. The van der Waals surface area contributed by atoms with Crippen molar-refractivity contribution in [2.75, 3.05) is 7.05 Å². The number of rotatable bonds is 3. The maximum Gasteiger partial charge on any atom is 0.0705 e. The summed E-state index contributed by atoms with van der Waals surface area (Å²) in [5.74, 6) is 0.768. The van der Waals surface area contributed by atoms with Gasteiger partial charge >= 0.3 is 0 Å². The van der Waals surface area contributed by atoms with E-state index in [2.05, 4.69) is 41.6 Å². The molecule has 1 fully saturated rings. The van der Waals surface area contributed by atoms with E-state index in [1.807, 2.05) is 12.3 Å². The molecule has 1 aliphatic carbocycles. The van der Waals surface area contributed by atoms with Crippen LogP contribution in [0.2, 0.25) is 0 Å². The number of hydrogen-bond acceptors (Lipinski definition) is 2. The SMILES string of the molecule is CNC(c1cccc2ncccc12)C1CCCCC1. The molecule has 0 bridgehead atoms. The van der Waals surface area contributed by atoms with Crippen molar-refractivity contribution < 1.29 is 0 Å². The van der Waals surface area contributed by atoms with E-state index >= 15 is 0 Å². The third kappa shape index (κ3) is 2.50. The summed E-state index contributed by atoms with van der Waals surface area (Å²) in [5.41, 5.74) is 2.52. The normalized spacial score (nSPS) is 18.6. The van der Waals surface area contributed by atoms with Crippen molar-refractivity contribution in [2.45, 2.75) is 38.1 Å². The van der Waals surface area contributed by atoms with Crippen LogP contribution in [0.5, 0.6) is 0 Å². The van der Waals surface area contributed by atoms with Gasteiger partial charge in [-0.3, -0.25) is 4.98 Å². The Kier molecular flexibility index (Phi) is 3.79. The summed E-state index contributed by atoms with van der Waals surface area (Å²) in [6.45, 7) is 0. The molecular weight excluding hydrogens is 232 g/mol. The molecule has 1 aromatic heterocycles. The summed E-state index contributed by atoms with van der Waals surface area (Å²) in [4.78, 5) is 4.48. The van der Waals surface area contributed by atoms with Crippen molar-refractivity contribution in [1.82, 2.24) is 10.3 Å². The molecule has 2 heteroatoms. The Balaban J connectivity index is 2.00. The number of pyridine rings is 1. The summed E-state index contributed by atoms with van der Waals surface area (Å²) >= 11 is 0. The summed E-state index contributed by atoms with van der Waals surface area (Å²) in [6.07, 6.45) is 8.74. The van der Waals surface area contributed by atoms with Crippen LogP contribution in [-0.2, 0) is 0 Å². The summed E-state index contributed by atoms with van der Waals surface area (Å²) < 4.78 is 0. The highest BCUT2D eigenvalue weighted by Gasteiger charge is 2.24.